The summed E-state index contributed by atoms with van der Waals surface area (Å²) >= 11 is 0. The number of rotatable bonds is 39. The number of aliphatic hydroxyl groups is 3. The first-order chi connectivity index (χ1) is 29.6. The Hall–Kier alpha value is -2.07. The number of phosphoric ester groups is 2. The van der Waals surface area contributed by atoms with Gasteiger partial charge in [0.2, 0.25) is 0 Å². The number of phosphoric acid groups is 2. The lowest BCUT2D eigenvalue weighted by Gasteiger charge is -2.20. The topological polar surface area (TPSA) is 253 Å². The van der Waals surface area contributed by atoms with E-state index in [-0.39, 0.29) is 36.9 Å². The predicted molar refractivity (Wildman–Crippen MR) is 236 cm³/mol. The fraction of sp³-hybridized carbons (Fsp3) is 0.795. The fourth-order valence-corrected chi connectivity index (χ4v) is 8.02. The van der Waals surface area contributed by atoms with Gasteiger partial charge in [0.1, 0.15) is 18.5 Å². The second-order valence-corrected chi connectivity index (χ2v) is 18.8. The number of Topliss-reactive ketones (excluding diaryl/α,β-unsaturated/α-hetero) is 1. The van der Waals surface area contributed by atoms with Crippen molar-refractivity contribution in [2.24, 2.45) is 11.8 Å². The Morgan fingerprint density at radius 3 is 1.94 bits per heavy atom. The van der Waals surface area contributed by atoms with Crippen LogP contribution in [0.15, 0.2) is 36.5 Å². The second-order valence-electron chi connectivity index (χ2n) is 16.1. The summed E-state index contributed by atoms with van der Waals surface area (Å²) in [6.07, 6.45) is 26.1. The highest BCUT2D eigenvalue weighted by Crippen LogP contribution is 2.44. The standard InChI is InChI=1S/C44H78O16P2/c1-3-5-7-8-9-10-11-12-13-14-15-16-17-18-23-27-43(49)56-34-38(35-59-62(54,55)58-33-37(46)32-57-61(51,52)53)60-44(50)28-24-20-19-22-26-39-40(42(48)31-41(39)47)30-29-36(45)25-21-6-4-2/h9-10,12-13,29-30,36-40,42,45-46,48H,3-8,11,14-28,31-35H2,1-2H3,(H,54,55)(H2,51,52,53)/b10-9-,13-12-,30-29+/t36-,37-,38+,39+,40+,42+/m0/s1. The Bertz CT molecular complexity index is 1400. The third-order valence-corrected chi connectivity index (χ3v) is 11.8. The van der Waals surface area contributed by atoms with E-state index in [9.17, 15) is 43.7 Å². The number of ether oxygens (including phenoxy) is 2. The summed E-state index contributed by atoms with van der Waals surface area (Å²) in [6, 6.07) is 0. The summed E-state index contributed by atoms with van der Waals surface area (Å²) in [5, 5.41) is 30.5. The first-order valence-electron chi connectivity index (χ1n) is 22.8. The molecular formula is C44H78O16P2. The van der Waals surface area contributed by atoms with E-state index in [1.807, 2.05) is 0 Å². The summed E-state index contributed by atoms with van der Waals surface area (Å²) in [4.78, 5) is 65.6. The van der Waals surface area contributed by atoms with Crippen molar-refractivity contribution in [1.82, 2.24) is 0 Å². The normalized spacial score (nSPS) is 19.7. The van der Waals surface area contributed by atoms with Crippen LogP contribution in [0.2, 0.25) is 0 Å². The maximum absolute atomic E-state index is 12.8. The van der Waals surface area contributed by atoms with Gasteiger partial charge in [-0.2, -0.15) is 0 Å². The molecule has 0 saturated heterocycles. The molecule has 0 aliphatic heterocycles. The summed E-state index contributed by atoms with van der Waals surface area (Å²) < 4.78 is 47.8. The third kappa shape index (κ3) is 31.7. The molecule has 1 aliphatic carbocycles. The van der Waals surface area contributed by atoms with Crippen LogP contribution in [0.1, 0.15) is 162 Å². The quantitative estimate of drug-likeness (QED) is 0.0147. The fourth-order valence-electron chi connectivity index (χ4n) is 6.86. The molecule has 1 fully saturated rings. The van der Waals surface area contributed by atoms with Gasteiger partial charge in [-0.3, -0.25) is 28.0 Å². The van der Waals surface area contributed by atoms with Gasteiger partial charge in [-0.05, 0) is 57.8 Å². The van der Waals surface area contributed by atoms with Crippen molar-refractivity contribution in [1.29, 1.82) is 0 Å². The lowest BCUT2D eigenvalue weighted by Crippen LogP contribution is -2.30. The molecule has 0 heterocycles. The van der Waals surface area contributed by atoms with Crippen molar-refractivity contribution in [3.8, 4) is 0 Å². The molecule has 0 aromatic rings. The van der Waals surface area contributed by atoms with Crippen LogP contribution < -0.4 is 0 Å². The highest BCUT2D eigenvalue weighted by molar-refractivity contribution is 7.47. The lowest BCUT2D eigenvalue weighted by atomic mass is 9.88. The van der Waals surface area contributed by atoms with E-state index in [0.29, 0.717) is 44.9 Å². The molecule has 360 valence electrons. The van der Waals surface area contributed by atoms with Gasteiger partial charge in [-0.1, -0.05) is 121 Å². The minimum Gasteiger partial charge on any atom is -0.462 e. The largest absolute Gasteiger partial charge is 0.472 e. The molecule has 0 aromatic heterocycles. The van der Waals surface area contributed by atoms with Crippen LogP contribution in [0, 0.1) is 11.8 Å². The van der Waals surface area contributed by atoms with E-state index < -0.39 is 78.4 Å². The first kappa shape index (κ1) is 57.9. The van der Waals surface area contributed by atoms with E-state index in [1.54, 1.807) is 12.2 Å². The number of hydrogen-bond donors (Lipinski definition) is 6. The number of aliphatic hydroxyl groups excluding tert-OH is 3. The van der Waals surface area contributed by atoms with Crippen LogP contribution in [0.4, 0.5) is 0 Å². The van der Waals surface area contributed by atoms with Gasteiger partial charge in [0.15, 0.2) is 6.10 Å². The lowest BCUT2D eigenvalue weighted by molar-refractivity contribution is -0.161. The van der Waals surface area contributed by atoms with Gasteiger partial charge < -0.3 is 39.5 Å². The molecule has 0 amide bonds. The number of carbonyl (C=O) groups is 3. The molecule has 1 rings (SSSR count). The molecule has 0 radical (unpaired) electrons. The number of unbranched alkanes of at least 4 members (excludes halogenated alkanes) is 13. The molecule has 7 atom stereocenters. The first-order valence-corrected chi connectivity index (χ1v) is 25.8. The van der Waals surface area contributed by atoms with E-state index in [0.717, 1.165) is 64.2 Å². The maximum Gasteiger partial charge on any atom is 0.472 e. The van der Waals surface area contributed by atoms with Gasteiger partial charge in [-0.15, -0.1) is 0 Å². The van der Waals surface area contributed by atoms with Crippen molar-refractivity contribution < 1.29 is 76.6 Å². The Labute approximate surface area is 369 Å². The zero-order chi connectivity index (χ0) is 46.1. The second kappa shape index (κ2) is 35.2. The van der Waals surface area contributed by atoms with Crippen molar-refractivity contribution in [2.45, 2.75) is 186 Å². The number of carbonyl (C=O) groups excluding carboxylic acids is 3. The van der Waals surface area contributed by atoms with Crippen LogP contribution in [0.5, 0.6) is 0 Å². The van der Waals surface area contributed by atoms with Gasteiger partial charge >= 0.3 is 27.6 Å². The number of allylic oxidation sites excluding steroid dienone is 4. The van der Waals surface area contributed by atoms with Gasteiger partial charge in [0, 0.05) is 31.1 Å². The monoisotopic (exact) mass is 924 g/mol. The van der Waals surface area contributed by atoms with Crippen molar-refractivity contribution in [3.63, 3.8) is 0 Å². The van der Waals surface area contributed by atoms with Crippen LogP contribution >= 0.6 is 15.6 Å². The highest BCUT2D eigenvalue weighted by atomic mass is 31.2. The Balaban J connectivity index is 2.55. The van der Waals surface area contributed by atoms with Crippen molar-refractivity contribution >= 4 is 33.4 Å². The summed E-state index contributed by atoms with van der Waals surface area (Å²) in [6.45, 7) is 1.34. The van der Waals surface area contributed by atoms with E-state index in [4.69, 9.17) is 23.8 Å². The Morgan fingerprint density at radius 1 is 0.710 bits per heavy atom. The molecule has 16 nitrogen and oxygen atoms in total. The van der Waals surface area contributed by atoms with Gasteiger partial charge in [0.05, 0.1) is 32.0 Å². The average Bonchev–Trinajstić information content (AvgIpc) is 3.49. The Kier molecular flexibility index (Phi) is 32.9. The number of ketones is 1. The van der Waals surface area contributed by atoms with Crippen LogP contribution in [0.25, 0.3) is 0 Å². The van der Waals surface area contributed by atoms with Crippen molar-refractivity contribution in [2.75, 3.05) is 26.4 Å². The summed E-state index contributed by atoms with van der Waals surface area (Å²) in [5.74, 6) is -1.89. The van der Waals surface area contributed by atoms with Gasteiger partial charge in [-0.25, -0.2) is 9.13 Å². The molecule has 1 unspecified atom stereocenters. The van der Waals surface area contributed by atoms with Crippen LogP contribution in [-0.4, -0.2) is 98.6 Å². The van der Waals surface area contributed by atoms with Crippen LogP contribution in [-0.2, 0) is 46.6 Å². The van der Waals surface area contributed by atoms with E-state index in [2.05, 4.69) is 47.2 Å². The zero-order valence-electron chi connectivity index (χ0n) is 37.2. The third-order valence-electron chi connectivity index (χ3n) is 10.4. The molecule has 1 saturated carbocycles. The number of hydrogen-bond acceptors (Lipinski definition) is 13. The average molecular weight is 925 g/mol. The molecular weight excluding hydrogens is 846 g/mol. The molecule has 0 bridgehead atoms. The molecule has 0 spiro atoms. The zero-order valence-corrected chi connectivity index (χ0v) is 39.0. The Morgan fingerprint density at radius 2 is 1.27 bits per heavy atom. The molecule has 0 aromatic carbocycles. The summed E-state index contributed by atoms with van der Waals surface area (Å²) in [7, 11) is -9.78. The predicted octanol–water partition coefficient (Wildman–Crippen LogP) is 8.26. The van der Waals surface area contributed by atoms with Crippen LogP contribution in [0.3, 0.4) is 0 Å². The SMILES string of the molecule is CCCCC/C=C\C/C=C\CCCCCCCC(=O)OC[C@H](COP(=O)(O)OC[C@@H](O)COP(=O)(O)O)OC(=O)CCCCCC[C@H]1C(=O)C[C@@H](O)[C@@H]1/C=C/[C@@H](O)CCCCC. The van der Waals surface area contributed by atoms with Gasteiger partial charge in [0.25, 0.3) is 0 Å². The number of esters is 2. The smallest absolute Gasteiger partial charge is 0.462 e. The van der Waals surface area contributed by atoms with E-state index >= 15 is 0 Å². The molecule has 6 N–H and O–H groups in total. The molecule has 62 heavy (non-hydrogen) atoms. The van der Waals surface area contributed by atoms with Crippen molar-refractivity contribution in [3.05, 3.63) is 36.5 Å². The molecule has 18 heteroatoms. The molecule has 1 aliphatic rings. The van der Waals surface area contributed by atoms with E-state index in [1.165, 1.54) is 19.3 Å². The summed E-state index contributed by atoms with van der Waals surface area (Å²) in [5.41, 5.74) is 0. The minimum absolute atomic E-state index is 0.000838. The highest BCUT2D eigenvalue weighted by Gasteiger charge is 2.39. The minimum atomic E-state index is -4.90. The maximum atomic E-state index is 12.8.